The number of ether oxygens (including phenoxy) is 2. The molecule has 0 aliphatic carbocycles. The number of carbonyl (C=O) groups excluding carboxylic acids is 1. The number of carboxylic acid groups (broad SMARTS) is 1. The minimum absolute atomic E-state index is 0.0352. The lowest BCUT2D eigenvalue weighted by atomic mass is 10.2. The summed E-state index contributed by atoms with van der Waals surface area (Å²) in [5, 5.41) is 23.7. The predicted octanol–water partition coefficient (Wildman–Crippen LogP) is 6.83. The van der Waals surface area contributed by atoms with Gasteiger partial charge >= 0.3 is 12.1 Å². The molecular formula is C31H34ClF4N6O9PS. The van der Waals surface area contributed by atoms with Gasteiger partial charge in [-0.3, -0.25) is 24.3 Å². The molecular weight excluding hydrogens is 775 g/mol. The number of carbonyl (C=O) groups is 2. The van der Waals surface area contributed by atoms with Crippen LogP contribution in [-0.2, 0) is 20.3 Å². The number of alkyl halides is 3. The molecule has 4 aromatic rings. The van der Waals surface area contributed by atoms with E-state index >= 15 is 0 Å². The van der Waals surface area contributed by atoms with E-state index in [9.17, 15) is 41.8 Å². The van der Waals surface area contributed by atoms with Crippen LogP contribution in [0, 0.1) is 15.9 Å². The zero-order valence-corrected chi connectivity index (χ0v) is 30.5. The lowest BCUT2D eigenvalue weighted by molar-refractivity contribution is -0.383. The average Bonchev–Trinajstić information content (AvgIpc) is 3.56. The van der Waals surface area contributed by atoms with Gasteiger partial charge in [-0.2, -0.15) is 13.2 Å². The molecule has 1 heterocycles. The van der Waals surface area contributed by atoms with E-state index in [1.807, 2.05) is 6.07 Å². The number of benzene rings is 3. The number of anilines is 2. The molecule has 0 bridgehead atoms. The normalized spacial score (nSPS) is 12.6. The summed E-state index contributed by atoms with van der Waals surface area (Å²) in [6, 6.07) is 15.6. The fourth-order valence-corrected chi connectivity index (χ4v) is 5.34. The van der Waals surface area contributed by atoms with E-state index < -0.39 is 53.8 Å². The number of rotatable bonds is 12. The number of para-hydroxylation sites is 1. The Balaban J connectivity index is 0.000000296. The first kappa shape index (κ1) is 44.3. The highest BCUT2D eigenvalue weighted by molar-refractivity contribution is 7.57. The first-order valence-corrected chi connectivity index (χ1v) is 18.4. The minimum atomic E-state index is -4.61. The molecule has 22 heteroatoms. The lowest BCUT2D eigenvalue weighted by Gasteiger charge is -2.26. The van der Waals surface area contributed by atoms with Crippen LogP contribution in [0.1, 0.15) is 25.3 Å². The quantitative estimate of drug-likeness (QED) is 0.0378. The van der Waals surface area contributed by atoms with Crippen LogP contribution >= 0.6 is 30.3 Å². The third kappa shape index (κ3) is 14.9. The molecule has 15 nitrogen and oxygen atoms in total. The maximum Gasteiger partial charge on any atom is 0.445 e. The van der Waals surface area contributed by atoms with Gasteiger partial charge in [0.15, 0.2) is 14.0 Å². The van der Waals surface area contributed by atoms with Gasteiger partial charge in [0.2, 0.25) is 5.01 Å². The number of nitrogen functional groups attached to an aromatic ring is 1. The molecule has 4 rings (SSSR count). The predicted molar refractivity (Wildman–Crippen MR) is 189 cm³/mol. The van der Waals surface area contributed by atoms with Gasteiger partial charge in [-0.15, -0.1) is 5.10 Å². The van der Waals surface area contributed by atoms with Crippen LogP contribution < -0.4 is 25.8 Å². The molecule has 0 spiro atoms. The molecule has 6 N–H and O–H groups in total. The van der Waals surface area contributed by atoms with Crippen molar-refractivity contribution < 1.29 is 56.1 Å². The summed E-state index contributed by atoms with van der Waals surface area (Å²) in [5.74, 6) is -1.22. The van der Waals surface area contributed by atoms with Crippen LogP contribution in [0.25, 0.3) is 0 Å². The highest BCUT2D eigenvalue weighted by atomic mass is 35.5. The Morgan fingerprint density at radius 1 is 1.09 bits per heavy atom. The van der Waals surface area contributed by atoms with Crippen LogP contribution in [0.5, 0.6) is 16.7 Å². The number of nitrogens with two attached hydrogens (primary N) is 2. The van der Waals surface area contributed by atoms with Crippen molar-refractivity contribution in [2.24, 2.45) is 5.73 Å². The second kappa shape index (κ2) is 19.8. The number of amides is 1. The summed E-state index contributed by atoms with van der Waals surface area (Å²) < 4.78 is 71.4. The molecule has 1 amide bonds. The Bertz CT molecular complexity index is 1880. The van der Waals surface area contributed by atoms with Crippen LogP contribution in [0.4, 0.5) is 34.6 Å². The van der Waals surface area contributed by atoms with Crippen molar-refractivity contribution in [3.8, 4) is 16.7 Å². The summed E-state index contributed by atoms with van der Waals surface area (Å²) in [6.45, 7) is 4.16. The number of halogens is 5. The fraction of sp³-hybridized carbons (Fsp3) is 0.290. The number of aliphatic carboxylic acids is 1. The molecule has 3 aromatic carbocycles. The van der Waals surface area contributed by atoms with Crippen molar-refractivity contribution >= 4 is 59.2 Å². The molecule has 0 aliphatic heterocycles. The highest BCUT2D eigenvalue weighted by Gasteiger charge is 2.36. The summed E-state index contributed by atoms with van der Waals surface area (Å²) in [7, 11) is -3.10. The van der Waals surface area contributed by atoms with E-state index in [2.05, 4.69) is 10.2 Å². The van der Waals surface area contributed by atoms with Gasteiger partial charge in [-0.1, -0.05) is 46.2 Å². The van der Waals surface area contributed by atoms with E-state index in [-0.39, 0.29) is 57.3 Å². The van der Waals surface area contributed by atoms with Gasteiger partial charge in [0.25, 0.3) is 16.8 Å². The fourth-order valence-electron chi connectivity index (χ4n) is 3.83. The number of hydrogen-bond donors (Lipinski definition) is 4. The molecule has 2 unspecified atom stereocenters. The molecule has 0 saturated carbocycles. The van der Waals surface area contributed by atoms with E-state index in [0.29, 0.717) is 11.4 Å². The summed E-state index contributed by atoms with van der Waals surface area (Å²) in [5.41, 5.74) is 10.8. The zero-order valence-electron chi connectivity index (χ0n) is 28.1. The first-order valence-electron chi connectivity index (χ1n) is 14.9. The van der Waals surface area contributed by atoms with E-state index in [0.717, 1.165) is 0 Å². The Hall–Kier alpha value is -4.88. The molecule has 0 saturated heterocycles. The van der Waals surface area contributed by atoms with Crippen molar-refractivity contribution in [3.63, 3.8) is 0 Å². The Morgan fingerprint density at radius 3 is 2.19 bits per heavy atom. The topological polar surface area (TPSA) is 234 Å². The van der Waals surface area contributed by atoms with Crippen molar-refractivity contribution in [1.29, 1.82) is 0 Å². The Labute approximate surface area is 308 Å². The monoisotopic (exact) mass is 808 g/mol. The second-order valence-corrected chi connectivity index (χ2v) is 14.9. The second-order valence-electron chi connectivity index (χ2n) is 11.0. The molecule has 0 fully saturated rings. The van der Waals surface area contributed by atoms with E-state index in [1.165, 1.54) is 48.0 Å². The molecule has 288 valence electrons. The Kier molecular flexibility index (Phi) is 16.6. The molecule has 0 radical (unpaired) electrons. The number of nitrogens with zero attached hydrogens (tertiary/aromatic N) is 4. The molecule has 2 atom stereocenters. The third-order valence-electron chi connectivity index (χ3n) is 6.32. The molecule has 0 aliphatic rings. The van der Waals surface area contributed by atoms with Gasteiger partial charge < -0.3 is 35.8 Å². The number of hydrogen-bond acceptors (Lipinski definition) is 12. The lowest BCUT2D eigenvalue weighted by Crippen LogP contribution is -2.40. The standard InChI is InChI=1S/C14H13F4N3O2S.C12H9ClN2O3.C5H12NO4P/c1-8(2)21(10-5-3-9(15)4-6-10)11(22)7-23-13-20-19-12(24-13)14(16,17)18;13-11-10(18-8-4-2-1-3-5-8)7-6-9(12(11)14)15(16)17;1-11(9,10)3-2-4(6)5(7)8/h3-6,8H,7H2,1-2H3;1-7H,14H2;4H,2-3,6H2,1H3,(H,7,8)(H,9,10). The maximum absolute atomic E-state index is 13.0. The summed E-state index contributed by atoms with van der Waals surface area (Å²) in [4.78, 5) is 42.6. The van der Waals surface area contributed by atoms with E-state index in [4.69, 9.17) is 42.5 Å². The van der Waals surface area contributed by atoms with Gasteiger partial charge in [0.1, 0.15) is 34.1 Å². The maximum atomic E-state index is 13.0. The van der Waals surface area contributed by atoms with Gasteiger partial charge in [-0.25, -0.2) is 4.39 Å². The van der Waals surface area contributed by atoms with Gasteiger partial charge in [0.05, 0.1) is 4.92 Å². The first-order chi connectivity index (χ1) is 24.6. The van der Waals surface area contributed by atoms with E-state index in [1.54, 1.807) is 38.1 Å². The molecule has 1 aromatic heterocycles. The average molecular weight is 809 g/mol. The van der Waals surface area contributed by atoms with Gasteiger partial charge in [-0.05, 0) is 62.7 Å². The SMILES string of the molecule is CC(C)N(C(=O)COc1nnc(C(F)(F)F)s1)c1ccc(F)cc1.CP(=O)(O)CCC(N)C(=O)O.Nc1c([N+](=O)[O-])ccc(Oc2ccccc2)c1Cl. The van der Waals surface area contributed by atoms with Crippen molar-refractivity contribution in [3.05, 3.63) is 92.7 Å². The van der Waals surface area contributed by atoms with Crippen LogP contribution in [-0.4, -0.2) is 68.5 Å². The molecule has 53 heavy (non-hydrogen) atoms. The van der Waals surface area contributed by atoms with Crippen molar-refractivity contribution in [2.45, 2.75) is 38.5 Å². The summed E-state index contributed by atoms with van der Waals surface area (Å²) >= 11 is 6.15. The Morgan fingerprint density at radius 2 is 1.70 bits per heavy atom. The van der Waals surface area contributed by atoms with Crippen molar-refractivity contribution in [2.75, 3.05) is 30.1 Å². The summed E-state index contributed by atoms with van der Waals surface area (Å²) in [6.07, 6.45) is -4.61. The number of carboxylic acids is 1. The van der Waals surface area contributed by atoms with Gasteiger partial charge in [0, 0.05) is 30.6 Å². The highest BCUT2D eigenvalue weighted by Crippen LogP contribution is 2.39. The largest absolute Gasteiger partial charge is 0.480 e. The smallest absolute Gasteiger partial charge is 0.445 e. The third-order valence-corrected chi connectivity index (χ3v) is 8.68. The van der Waals surface area contributed by atoms with Crippen LogP contribution in [0.3, 0.4) is 0 Å². The number of aromatic nitrogens is 2. The minimum Gasteiger partial charge on any atom is -0.480 e. The van der Waals surface area contributed by atoms with Crippen LogP contribution in [0.2, 0.25) is 5.02 Å². The zero-order chi connectivity index (χ0) is 40.1. The number of nitro groups is 1. The van der Waals surface area contributed by atoms with Crippen LogP contribution in [0.15, 0.2) is 66.7 Å². The van der Waals surface area contributed by atoms with Crippen molar-refractivity contribution in [1.82, 2.24) is 10.2 Å². The number of nitro benzene ring substituents is 1.